The first-order chi connectivity index (χ1) is 15.3. The fraction of sp³-hybridized carbons (Fsp3) is 0.318. The summed E-state index contributed by atoms with van der Waals surface area (Å²) in [5, 5.41) is 6.39. The van der Waals surface area contributed by atoms with Crippen molar-refractivity contribution in [2.45, 2.75) is 13.8 Å². The number of nitrogens with zero attached hydrogens (tertiary/aromatic N) is 2. The predicted molar refractivity (Wildman–Crippen MR) is 135 cm³/mol. The highest BCUT2D eigenvalue weighted by Gasteiger charge is 2.20. The zero-order valence-electron chi connectivity index (χ0n) is 17.8. The minimum absolute atomic E-state index is 0.0865. The molecule has 0 radical (unpaired) electrons. The van der Waals surface area contributed by atoms with Gasteiger partial charge in [0.1, 0.15) is 5.75 Å². The quantitative estimate of drug-likeness (QED) is 0.552. The first-order valence-electron chi connectivity index (χ1n) is 10.1. The molecule has 170 valence electrons. The van der Waals surface area contributed by atoms with Crippen molar-refractivity contribution < 1.29 is 14.3 Å². The maximum atomic E-state index is 12.5. The molecule has 1 heterocycles. The zero-order chi connectivity index (χ0) is 23.3. The fourth-order valence-electron chi connectivity index (χ4n) is 3.36. The van der Waals surface area contributed by atoms with Gasteiger partial charge in [-0.2, -0.15) is 0 Å². The van der Waals surface area contributed by atoms with Crippen molar-refractivity contribution in [1.29, 1.82) is 0 Å². The summed E-state index contributed by atoms with van der Waals surface area (Å²) in [6, 6.07) is 10.6. The van der Waals surface area contributed by atoms with Crippen LogP contribution in [0.3, 0.4) is 0 Å². The zero-order valence-corrected chi connectivity index (χ0v) is 20.9. The van der Waals surface area contributed by atoms with E-state index in [1.54, 1.807) is 31.2 Å². The smallest absolute Gasteiger partial charge is 0.257 e. The molecule has 0 aromatic heterocycles. The highest BCUT2D eigenvalue weighted by atomic mass is 79.9. The number of rotatable bonds is 5. The number of hydrogen-bond donors (Lipinski definition) is 2. The Labute approximate surface area is 206 Å². The molecule has 7 nitrogen and oxygen atoms in total. The van der Waals surface area contributed by atoms with Crippen LogP contribution in [-0.4, -0.2) is 54.6 Å². The van der Waals surface area contributed by atoms with Crippen LogP contribution in [0.5, 0.6) is 5.75 Å². The lowest BCUT2D eigenvalue weighted by atomic mass is 10.2. The van der Waals surface area contributed by atoms with Gasteiger partial charge in [-0.05, 0) is 71.5 Å². The lowest BCUT2D eigenvalue weighted by Gasteiger charge is -2.36. The van der Waals surface area contributed by atoms with Crippen LogP contribution in [0.4, 0.5) is 11.4 Å². The molecule has 0 bridgehead atoms. The average molecular weight is 540 g/mol. The van der Waals surface area contributed by atoms with E-state index in [9.17, 15) is 9.59 Å². The molecule has 0 aliphatic carbocycles. The van der Waals surface area contributed by atoms with Crippen molar-refractivity contribution in [3.63, 3.8) is 0 Å². The molecule has 10 heteroatoms. The highest BCUT2D eigenvalue weighted by Crippen LogP contribution is 2.30. The predicted octanol–water partition coefficient (Wildman–Crippen LogP) is 4.30. The molecule has 1 fully saturated rings. The van der Waals surface area contributed by atoms with Crippen LogP contribution >= 0.6 is 39.7 Å². The van der Waals surface area contributed by atoms with Gasteiger partial charge in [-0.15, -0.1) is 0 Å². The minimum atomic E-state index is -0.336. The molecule has 2 amide bonds. The van der Waals surface area contributed by atoms with Gasteiger partial charge in [0, 0.05) is 44.4 Å². The largest absolute Gasteiger partial charge is 0.493 e. The van der Waals surface area contributed by atoms with Gasteiger partial charge >= 0.3 is 0 Å². The number of thiocarbonyl (C=S) groups is 1. The molecule has 1 aliphatic heterocycles. The standard InChI is InChI=1S/C22H24BrClN4O3S/c1-3-31-20-7-4-15(12-17(20)23)21(30)26-22(32)25-16-5-6-19(18(24)13-16)28-10-8-27(9-11-28)14(2)29/h4-7,12-13H,3,8-11H2,1-2H3,(H2,25,26,30,32). The van der Waals surface area contributed by atoms with Crippen LogP contribution in [0.15, 0.2) is 40.9 Å². The topological polar surface area (TPSA) is 73.9 Å². The number of carbonyl (C=O) groups is 2. The first-order valence-corrected chi connectivity index (χ1v) is 11.7. The van der Waals surface area contributed by atoms with E-state index < -0.39 is 0 Å². The van der Waals surface area contributed by atoms with Crippen molar-refractivity contribution in [3.8, 4) is 5.75 Å². The second-order valence-electron chi connectivity index (χ2n) is 7.15. The fourth-order valence-corrected chi connectivity index (χ4v) is 4.36. The molecular weight excluding hydrogens is 516 g/mol. The van der Waals surface area contributed by atoms with Gasteiger partial charge in [-0.1, -0.05) is 11.6 Å². The molecular formula is C22H24BrClN4O3S. The van der Waals surface area contributed by atoms with Crippen molar-refractivity contribution in [2.24, 2.45) is 0 Å². The van der Waals surface area contributed by atoms with E-state index in [1.807, 2.05) is 24.0 Å². The molecule has 2 aromatic rings. The number of anilines is 2. The van der Waals surface area contributed by atoms with Gasteiger partial charge in [0.05, 0.1) is 21.8 Å². The Morgan fingerprint density at radius 3 is 2.47 bits per heavy atom. The number of nitrogens with one attached hydrogen (secondary N) is 2. The Hall–Kier alpha value is -2.36. The van der Waals surface area contributed by atoms with Crippen LogP contribution < -0.4 is 20.3 Å². The lowest BCUT2D eigenvalue weighted by Crippen LogP contribution is -2.48. The van der Waals surface area contributed by atoms with Crippen LogP contribution in [0.25, 0.3) is 0 Å². The maximum absolute atomic E-state index is 12.5. The van der Waals surface area contributed by atoms with Gasteiger partial charge in [0.15, 0.2) is 5.11 Å². The molecule has 0 unspecified atom stereocenters. The van der Waals surface area contributed by atoms with E-state index in [-0.39, 0.29) is 16.9 Å². The monoisotopic (exact) mass is 538 g/mol. The summed E-state index contributed by atoms with van der Waals surface area (Å²) in [5.74, 6) is 0.419. The van der Waals surface area contributed by atoms with E-state index in [4.69, 9.17) is 28.6 Å². The van der Waals surface area contributed by atoms with Crippen LogP contribution in [0.1, 0.15) is 24.2 Å². The van der Waals surface area contributed by atoms with Gasteiger partial charge in [-0.3, -0.25) is 14.9 Å². The molecule has 3 rings (SSSR count). The normalized spacial score (nSPS) is 13.5. The number of carbonyl (C=O) groups excluding carboxylic acids is 2. The Morgan fingerprint density at radius 1 is 1.16 bits per heavy atom. The van der Waals surface area contributed by atoms with Crippen LogP contribution in [-0.2, 0) is 4.79 Å². The van der Waals surface area contributed by atoms with Gasteiger partial charge in [-0.25, -0.2) is 0 Å². The molecule has 0 saturated carbocycles. The van der Waals surface area contributed by atoms with Crippen molar-refractivity contribution >= 4 is 68.1 Å². The molecule has 2 N–H and O–H groups in total. The number of halogens is 2. The molecule has 0 atom stereocenters. The van der Waals surface area contributed by atoms with E-state index in [0.717, 1.165) is 18.8 Å². The summed E-state index contributed by atoms with van der Waals surface area (Å²) in [7, 11) is 0. The maximum Gasteiger partial charge on any atom is 0.257 e. The molecule has 0 spiro atoms. The SMILES string of the molecule is CCOc1ccc(C(=O)NC(=S)Nc2ccc(N3CCN(C(C)=O)CC3)c(Cl)c2)cc1Br. The molecule has 32 heavy (non-hydrogen) atoms. The minimum Gasteiger partial charge on any atom is -0.493 e. The Kier molecular flexibility index (Phi) is 8.33. The summed E-state index contributed by atoms with van der Waals surface area (Å²) >= 11 is 15.2. The van der Waals surface area contributed by atoms with Crippen molar-refractivity contribution in [1.82, 2.24) is 10.2 Å². The van der Waals surface area contributed by atoms with Gasteiger partial charge in [0.2, 0.25) is 5.91 Å². The van der Waals surface area contributed by atoms with Gasteiger partial charge < -0.3 is 19.9 Å². The Morgan fingerprint density at radius 2 is 1.88 bits per heavy atom. The Bertz CT molecular complexity index is 1030. The third kappa shape index (κ3) is 6.11. The molecule has 2 aromatic carbocycles. The number of piperazine rings is 1. The number of ether oxygens (including phenoxy) is 1. The first kappa shape index (κ1) is 24.3. The third-order valence-electron chi connectivity index (χ3n) is 4.99. The van der Waals surface area contributed by atoms with E-state index in [2.05, 4.69) is 31.5 Å². The number of hydrogen-bond acceptors (Lipinski definition) is 5. The van der Waals surface area contributed by atoms with Crippen molar-refractivity contribution in [2.75, 3.05) is 43.0 Å². The lowest BCUT2D eigenvalue weighted by molar-refractivity contribution is -0.129. The van der Waals surface area contributed by atoms with Crippen LogP contribution in [0, 0.1) is 0 Å². The number of amides is 2. The molecule has 1 aliphatic rings. The second-order valence-corrected chi connectivity index (χ2v) is 8.82. The van der Waals surface area contributed by atoms with Gasteiger partial charge in [0.25, 0.3) is 5.91 Å². The van der Waals surface area contributed by atoms with Crippen LogP contribution in [0.2, 0.25) is 5.02 Å². The van der Waals surface area contributed by atoms with E-state index in [0.29, 0.717) is 46.2 Å². The highest BCUT2D eigenvalue weighted by molar-refractivity contribution is 9.10. The summed E-state index contributed by atoms with van der Waals surface area (Å²) in [5.41, 5.74) is 2.01. The summed E-state index contributed by atoms with van der Waals surface area (Å²) in [6.07, 6.45) is 0. The third-order valence-corrected chi connectivity index (χ3v) is 6.12. The average Bonchev–Trinajstić information content (AvgIpc) is 2.75. The van der Waals surface area contributed by atoms with Crippen molar-refractivity contribution in [3.05, 3.63) is 51.5 Å². The van der Waals surface area contributed by atoms with E-state index in [1.165, 1.54) is 0 Å². The molecule has 1 saturated heterocycles. The summed E-state index contributed by atoms with van der Waals surface area (Å²) in [6.45, 7) is 6.79. The summed E-state index contributed by atoms with van der Waals surface area (Å²) < 4.78 is 6.15. The Balaban J connectivity index is 1.58. The van der Waals surface area contributed by atoms with E-state index >= 15 is 0 Å². The number of benzene rings is 2. The second kappa shape index (κ2) is 11.0. The summed E-state index contributed by atoms with van der Waals surface area (Å²) in [4.78, 5) is 28.0.